The van der Waals surface area contributed by atoms with Crippen LogP contribution >= 0.6 is 0 Å². The van der Waals surface area contributed by atoms with Crippen molar-refractivity contribution in [1.82, 2.24) is 20.8 Å². The number of nitrogens with zero attached hydrogens (tertiary/aromatic N) is 2. The zero-order chi connectivity index (χ0) is 21.5. The highest BCUT2D eigenvalue weighted by atomic mass is 16.5. The first-order valence-electron chi connectivity index (χ1n) is 10.4. The Bertz CT molecular complexity index is 1030. The van der Waals surface area contributed by atoms with Crippen LogP contribution in [-0.2, 0) is 24.2 Å². The van der Waals surface area contributed by atoms with Gasteiger partial charge >= 0.3 is 0 Å². The molecule has 0 radical (unpaired) electrons. The Balaban J connectivity index is 1.54. The molecule has 0 saturated heterocycles. The van der Waals surface area contributed by atoms with E-state index in [9.17, 15) is 4.79 Å². The summed E-state index contributed by atoms with van der Waals surface area (Å²) in [5.74, 6) is 1.47. The van der Waals surface area contributed by atoms with Crippen LogP contribution in [0, 0.1) is 6.92 Å². The van der Waals surface area contributed by atoms with Crippen molar-refractivity contribution in [2.45, 2.75) is 26.4 Å². The van der Waals surface area contributed by atoms with E-state index in [4.69, 9.17) is 14.0 Å². The molecule has 1 amide bonds. The fourth-order valence-corrected chi connectivity index (χ4v) is 3.43. The molecular formula is C23H26N4O4. The van der Waals surface area contributed by atoms with Gasteiger partial charge in [0.05, 0.1) is 19.8 Å². The molecule has 0 fully saturated rings. The second kappa shape index (κ2) is 10.2. The van der Waals surface area contributed by atoms with Crippen LogP contribution in [0.3, 0.4) is 0 Å². The quantitative estimate of drug-likeness (QED) is 0.669. The molecule has 0 aliphatic carbocycles. The molecule has 162 valence electrons. The molecule has 2 aromatic carbocycles. The Morgan fingerprint density at radius 3 is 2.90 bits per heavy atom. The van der Waals surface area contributed by atoms with Crippen molar-refractivity contribution < 1.29 is 18.8 Å². The number of amides is 1. The molecule has 2 bridgehead atoms. The lowest BCUT2D eigenvalue weighted by Gasteiger charge is -2.15. The van der Waals surface area contributed by atoms with Gasteiger partial charge in [-0.15, -0.1) is 0 Å². The predicted octanol–water partition coefficient (Wildman–Crippen LogP) is 2.40. The van der Waals surface area contributed by atoms with Crippen LogP contribution in [-0.4, -0.2) is 42.4 Å². The minimum absolute atomic E-state index is 0.203. The average molecular weight is 422 g/mol. The van der Waals surface area contributed by atoms with Crippen molar-refractivity contribution in [3.05, 3.63) is 76.4 Å². The number of aryl methyl sites for hydroxylation is 1. The van der Waals surface area contributed by atoms with Crippen molar-refractivity contribution in [3.63, 3.8) is 0 Å². The molecule has 0 atom stereocenters. The van der Waals surface area contributed by atoms with Gasteiger partial charge in [0.2, 0.25) is 5.89 Å². The number of rotatable bonds is 3. The minimum atomic E-state index is -0.203. The molecule has 2 N–H and O–H groups in total. The molecule has 1 aromatic heterocycles. The predicted molar refractivity (Wildman–Crippen MR) is 114 cm³/mol. The Morgan fingerprint density at radius 1 is 1.13 bits per heavy atom. The summed E-state index contributed by atoms with van der Waals surface area (Å²) in [7, 11) is 0. The summed E-state index contributed by atoms with van der Waals surface area (Å²) in [6, 6.07) is 13.9. The van der Waals surface area contributed by atoms with Crippen molar-refractivity contribution in [2.75, 3.05) is 26.4 Å². The molecule has 0 spiro atoms. The van der Waals surface area contributed by atoms with E-state index in [0.717, 1.165) is 30.0 Å². The molecular weight excluding hydrogens is 396 g/mol. The topological polar surface area (TPSA) is 98.5 Å². The van der Waals surface area contributed by atoms with Crippen LogP contribution in [0.5, 0.6) is 5.75 Å². The van der Waals surface area contributed by atoms with Gasteiger partial charge in [0, 0.05) is 32.0 Å². The molecule has 4 rings (SSSR count). The van der Waals surface area contributed by atoms with Crippen LogP contribution in [0.4, 0.5) is 0 Å². The van der Waals surface area contributed by atoms with Gasteiger partial charge in [-0.1, -0.05) is 29.4 Å². The van der Waals surface area contributed by atoms with Crippen molar-refractivity contribution in [1.29, 1.82) is 0 Å². The van der Waals surface area contributed by atoms with Gasteiger partial charge in [0.15, 0.2) is 5.82 Å². The Morgan fingerprint density at radius 2 is 2.03 bits per heavy atom. The number of ether oxygens (including phenoxy) is 2. The summed E-state index contributed by atoms with van der Waals surface area (Å²) in [5, 5.41) is 10.0. The molecule has 31 heavy (non-hydrogen) atoms. The average Bonchev–Trinajstić information content (AvgIpc) is 3.19. The lowest BCUT2D eigenvalue weighted by molar-refractivity contribution is 0.0948. The fraction of sp³-hybridized carbons (Fsp3) is 0.348. The summed E-state index contributed by atoms with van der Waals surface area (Å²) in [4.78, 5) is 16.8. The molecule has 0 unspecified atom stereocenters. The van der Waals surface area contributed by atoms with Gasteiger partial charge in [0.1, 0.15) is 12.4 Å². The third-order valence-corrected chi connectivity index (χ3v) is 4.92. The maximum Gasteiger partial charge on any atom is 0.251 e. The third kappa shape index (κ3) is 5.90. The van der Waals surface area contributed by atoms with Crippen LogP contribution in [0.15, 0.2) is 47.0 Å². The number of hydrogen-bond acceptors (Lipinski definition) is 7. The van der Waals surface area contributed by atoms with E-state index in [-0.39, 0.29) is 12.5 Å². The van der Waals surface area contributed by atoms with E-state index in [0.29, 0.717) is 43.5 Å². The van der Waals surface area contributed by atoms with E-state index >= 15 is 0 Å². The number of carbonyl (C=O) groups is 1. The zero-order valence-corrected chi connectivity index (χ0v) is 17.5. The van der Waals surface area contributed by atoms with E-state index < -0.39 is 0 Å². The van der Waals surface area contributed by atoms with Gasteiger partial charge < -0.3 is 24.6 Å². The number of carbonyl (C=O) groups excluding carboxylic acids is 1. The van der Waals surface area contributed by atoms with Gasteiger partial charge in [-0.3, -0.25) is 4.79 Å². The standard InChI is InChI=1S/C23H26N4O4/c1-16-26-22(27-31-16)15-25-23(28)19-5-6-21-20(13-19)12-17-3-2-4-18(11-17)14-24-7-8-29-9-10-30-21/h2-6,11,13,24H,7-10,12,14-15H2,1H3,(H,25,28). The molecule has 0 saturated carbocycles. The van der Waals surface area contributed by atoms with Gasteiger partial charge in [-0.25, -0.2) is 0 Å². The molecule has 8 nitrogen and oxygen atoms in total. The Labute approximate surface area is 180 Å². The van der Waals surface area contributed by atoms with E-state index in [2.05, 4.69) is 45.0 Å². The van der Waals surface area contributed by atoms with Crippen LogP contribution < -0.4 is 15.4 Å². The monoisotopic (exact) mass is 422 g/mol. The molecule has 3 aromatic rings. The summed E-state index contributed by atoms with van der Waals surface area (Å²) < 4.78 is 16.5. The molecule has 1 aliphatic heterocycles. The largest absolute Gasteiger partial charge is 0.491 e. The van der Waals surface area contributed by atoms with E-state index in [1.165, 1.54) is 5.56 Å². The third-order valence-electron chi connectivity index (χ3n) is 4.92. The smallest absolute Gasteiger partial charge is 0.251 e. The second-order valence-corrected chi connectivity index (χ2v) is 7.37. The summed E-state index contributed by atoms with van der Waals surface area (Å²) in [6.07, 6.45) is 0.662. The highest BCUT2D eigenvalue weighted by Gasteiger charge is 2.13. The number of hydrogen-bond donors (Lipinski definition) is 2. The normalized spacial score (nSPS) is 14.7. The summed E-state index contributed by atoms with van der Waals surface area (Å²) in [6.45, 7) is 5.10. The van der Waals surface area contributed by atoms with E-state index in [1.807, 2.05) is 12.1 Å². The first kappa shape index (κ1) is 21.0. The number of fused-ring (bicyclic) bond motifs is 3. The first-order chi connectivity index (χ1) is 15.2. The molecule has 2 heterocycles. The fourth-order valence-electron chi connectivity index (χ4n) is 3.43. The lowest BCUT2D eigenvalue weighted by Crippen LogP contribution is -2.23. The highest BCUT2D eigenvalue weighted by Crippen LogP contribution is 2.24. The van der Waals surface area contributed by atoms with Crippen LogP contribution in [0.2, 0.25) is 0 Å². The highest BCUT2D eigenvalue weighted by molar-refractivity contribution is 5.94. The minimum Gasteiger partial charge on any atom is -0.491 e. The van der Waals surface area contributed by atoms with Crippen molar-refractivity contribution in [3.8, 4) is 5.75 Å². The molecule has 1 aliphatic rings. The number of nitrogens with one attached hydrogen (secondary N) is 2. The SMILES string of the molecule is Cc1nc(CNC(=O)c2ccc3c(c2)Cc2cccc(c2)CNCCOCCO3)no1. The Hall–Kier alpha value is -3.23. The maximum absolute atomic E-state index is 12.7. The summed E-state index contributed by atoms with van der Waals surface area (Å²) in [5.41, 5.74) is 3.88. The molecule has 8 heteroatoms. The van der Waals surface area contributed by atoms with E-state index in [1.54, 1.807) is 13.0 Å². The van der Waals surface area contributed by atoms with Gasteiger partial charge in [-0.05, 0) is 34.9 Å². The van der Waals surface area contributed by atoms with Gasteiger partial charge in [-0.2, -0.15) is 4.98 Å². The van der Waals surface area contributed by atoms with Crippen molar-refractivity contribution in [2.24, 2.45) is 0 Å². The first-order valence-corrected chi connectivity index (χ1v) is 10.4. The Kier molecular flexibility index (Phi) is 6.91. The van der Waals surface area contributed by atoms with Crippen molar-refractivity contribution >= 4 is 5.91 Å². The second-order valence-electron chi connectivity index (χ2n) is 7.37. The van der Waals surface area contributed by atoms with Crippen LogP contribution in [0.1, 0.15) is 38.8 Å². The number of aromatic nitrogens is 2. The van der Waals surface area contributed by atoms with Crippen LogP contribution in [0.25, 0.3) is 0 Å². The summed E-state index contributed by atoms with van der Waals surface area (Å²) >= 11 is 0. The van der Waals surface area contributed by atoms with Gasteiger partial charge in [0.25, 0.3) is 5.91 Å². The lowest BCUT2D eigenvalue weighted by atomic mass is 9.99. The maximum atomic E-state index is 12.7. The number of benzene rings is 2. The zero-order valence-electron chi connectivity index (χ0n) is 17.5.